The number of nitrogens with one attached hydrogen (secondary N) is 2. The van der Waals surface area contributed by atoms with Crippen LogP contribution >= 0.6 is 0 Å². The van der Waals surface area contributed by atoms with Crippen molar-refractivity contribution in [1.29, 1.82) is 0 Å². The topological polar surface area (TPSA) is 53.1 Å². The van der Waals surface area contributed by atoms with Crippen molar-refractivity contribution in [3.05, 3.63) is 66.4 Å². The fourth-order valence-corrected chi connectivity index (χ4v) is 3.45. The van der Waals surface area contributed by atoms with E-state index in [0.29, 0.717) is 11.9 Å². The van der Waals surface area contributed by atoms with Gasteiger partial charge in [-0.2, -0.15) is 4.98 Å². The maximum atomic E-state index is 4.58. The van der Waals surface area contributed by atoms with Gasteiger partial charge in [0.15, 0.2) is 0 Å². The van der Waals surface area contributed by atoms with Crippen LogP contribution in [0, 0.1) is 0 Å². The largest absolute Gasteiger partial charge is 0.372 e. The molecular formula is C23H27N5. The first-order valence-corrected chi connectivity index (χ1v) is 9.99. The lowest BCUT2D eigenvalue weighted by molar-refractivity contribution is 0.867. The van der Waals surface area contributed by atoms with E-state index < -0.39 is 0 Å². The molecule has 0 aliphatic carbocycles. The van der Waals surface area contributed by atoms with Gasteiger partial charge in [0.05, 0.1) is 0 Å². The summed E-state index contributed by atoms with van der Waals surface area (Å²) in [6.07, 6.45) is 4.33. The molecule has 4 rings (SSSR count). The van der Waals surface area contributed by atoms with Gasteiger partial charge in [-0.05, 0) is 66.8 Å². The highest BCUT2D eigenvalue weighted by Crippen LogP contribution is 2.24. The third kappa shape index (κ3) is 4.42. The number of anilines is 5. The van der Waals surface area contributed by atoms with Crippen LogP contribution in [0.4, 0.5) is 28.8 Å². The predicted octanol–water partition coefficient (Wildman–Crippen LogP) is 5.69. The van der Waals surface area contributed by atoms with Gasteiger partial charge in [-0.3, -0.25) is 0 Å². The second-order valence-electron chi connectivity index (χ2n) is 7.53. The van der Waals surface area contributed by atoms with Gasteiger partial charge in [-0.15, -0.1) is 0 Å². The monoisotopic (exact) mass is 373 g/mol. The first-order valence-electron chi connectivity index (χ1n) is 9.99. The Hall–Kier alpha value is -3.08. The Morgan fingerprint density at radius 2 is 1.46 bits per heavy atom. The van der Waals surface area contributed by atoms with Gasteiger partial charge in [0.1, 0.15) is 5.82 Å². The molecule has 5 heteroatoms. The summed E-state index contributed by atoms with van der Waals surface area (Å²) in [5, 5.41) is 6.64. The number of benzene rings is 2. The summed E-state index contributed by atoms with van der Waals surface area (Å²) in [4.78, 5) is 11.3. The summed E-state index contributed by atoms with van der Waals surface area (Å²) in [6, 6.07) is 18.8. The second-order valence-corrected chi connectivity index (χ2v) is 7.53. The molecule has 28 heavy (non-hydrogen) atoms. The molecule has 0 radical (unpaired) electrons. The predicted molar refractivity (Wildman–Crippen MR) is 117 cm³/mol. The van der Waals surface area contributed by atoms with Crippen molar-refractivity contribution in [3.63, 3.8) is 0 Å². The maximum absolute atomic E-state index is 4.58. The van der Waals surface area contributed by atoms with Gasteiger partial charge >= 0.3 is 0 Å². The second kappa shape index (κ2) is 8.30. The van der Waals surface area contributed by atoms with E-state index in [1.54, 1.807) is 6.20 Å². The number of hydrogen-bond acceptors (Lipinski definition) is 5. The van der Waals surface area contributed by atoms with E-state index in [1.807, 2.05) is 6.07 Å². The molecule has 1 aliphatic heterocycles. The van der Waals surface area contributed by atoms with Crippen LogP contribution in [0.5, 0.6) is 0 Å². The number of hydrogen-bond donors (Lipinski definition) is 2. The zero-order valence-electron chi connectivity index (χ0n) is 16.5. The van der Waals surface area contributed by atoms with Crippen molar-refractivity contribution >= 4 is 28.8 Å². The number of rotatable bonds is 6. The number of aromatic nitrogens is 2. The standard InChI is InChI=1S/C23H27N5/c1-17(2)18-5-7-19(8-6-18)25-22-13-14-24-23(27-22)26-20-9-11-21(12-10-20)28-15-3-4-16-28/h5-14,17H,3-4,15-16H2,1-2H3,(H2,24,25,26,27). The molecule has 1 fully saturated rings. The third-order valence-corrected chi connectivity index (χ3v) is 5.10. The van der Waals surface area contributed by atoms with Crippen molar-refractivity contribution in [3.8, 4) is 0 Å². The summed E-state index contributed by atoms with van der Waals surface area (Å²) in [5.41, 5.74) is 4.61. The Balaban J connectivity index is 1.42. The molecule has 2 N–H and O–H groups in total. The lowest BCUT2D eigenvalue weighted by Gasteiger charge is -2.17. The van der Waals surface area contributed by atoms with Crippen molar-refractivity contribution in [1.82, 2.24) is 9.97 Å². The first kappa shape index (κ1) is 18.3. The number of nitrogens with zero attached hydrogens (tertiary/aromatic N) is 3. The molecule has 1 aromatic heterocycles. The lowest BCUT2D eigenvalue weighted by Crippen LogP contribution is -2.17. The van der Waals surface area contributed by atoms with Gasteiger partial charge in [0, 0.05) is 36.3 Å². The van der Waals surface area contributed by atoms with Crippen molar-refractivity contribution in [2.45, 2.75) is 32.6 Å². The van der Waals surface area contributed by atoms with Gasteiger partial charge < -0.3 is 15.5 Å². The molecule has 0 saturated carbocycles. The van der Waals surface area contributed by atoms with Crippen LogP contribution in [0.2, 0.25) is 0 Å². The molecule has 0 amide bonds. The Kier molecular flexibility index (Phi) is 5.42. The van der Waals surface area contributed by atoms with E-state index in [2.05, 4.69) is 87.9 Å². The molecule has 0 bridgehead atoms. The molecule has 5 nitrogen and oxygen atoms in total. The minimum Gasteiger partial charge on any atom is -0.372 e. The highest BCUT2D eigenvalue weighted by Gasteiger charge is 2.12. The van der Waals surface area contributed by atoms with Crippen LogP contribution in [-0.2, 0) is 0 Å². The van der Waals surface area contributed by atoms with Crippen LogP contribution < -0.4 is 15.5 Å². The smallest absolute Gasteiger partial charge is 0.229 e. The highest BCUT2D eigenvalue weighted by atomic mass is 15.2. The quantitative estimate of drug-likeness (QED) is 0.581. The molecule has 0 spiro atoms. The van der Waals surface area contributed by atoms with E-state index in [1.165, 1.54) is 24.1 Å². The Morgan fingerprint density at radius 3 is 2.14 bits per heavy atom. The molecule has 3 aromatic rings. The summed E-state index contributed by atoms with van der Waals surface area (Å²) in [6.45, 7) is 6.70. The molecule has 1 aliphatic rings. The normalized spacial score (nSPS) is 13.8. The SMILES string of the molecule is CC(C)c1ccc(Nc2ccnc(Nc3ccc(N4CCCC4)cc3)n2)cc1. The summed E-state index contributed by atoms with van der Waals surface area (Å²) >= 11 is 0. The van der Waals surface area contributed by atoms with Crippen LogP contribution in [-0.4, -0.2) is 23.1 Å². The fraction of sp³-hybridized carbons (Fsp3) is 0.304. The van der Waals surface area contributed by atoms with Crippen molar-refractivity contribution in [2.75, 3.05) is 28.6 Å². The zero-order valence-corrected chi connectivity index (χ0v) is 16.5. The van der Waals surface area contributed by atoms with Crippen LogP contribution in [0.3, 0.4) is 0 Å². The molecular weight excluding hydrogens is 346 g/mol. The highest BCUT2D eigenvalue weighted by molar-refractivity contribution is 5.62. The Labute approximate surface area is 166 Å². The lowest BCUT2D eigenvalue weighted by atomic mass is 10.0. The van der Waals surface area contributed by atoms with Crippen LogP contribution in [0.25, 0.3) is 0 Å². The van der Waals surface area contributed by atoms with Crippen molar-refractivity contribution in [2.24, 2.45) is 0 Å². The van der Waals surface area contributed by atoms with Crippen LogP contribution in [0.15, 0.2) is 60.8 Å². The molecule has 144 valence electrons. The summed E-state index contributed by atoms with van der Waals surface area (Å²) < 4.78 is 0. The van der Waals surface area contributed by atoms with E-state index >= 15 is 0 Å². The van der Waals surface area contributed by atoms with E-state index in [9.17, 15) is 0 Å². The van der Waals surface area contributed by atoms with Gasteiger partial charge in [0.2, 0.25) is 5.95 Å². The molecule has 0 unspecified atom stereocenters. The van der Waals surface area contributed by atoms with E-state index in [-0.39, 0.29) is 0 Å². The van der Waals surface area contributed by atoms with Gasteiger partial charge in [-0.1, -0.05) is 26.0 Å². The molecule has 0 atom stereocenters. The third-order valence-electron chi connectivity index (χ3n) is 5.10. The van der Waals surface area contributed by atoms with Gasteiger partial charge in [-0.25, -0.2) is 4.98 Å². The molecule has 2 aromatic carbocycles. The fourth-order valence-electron chi connectivity index (χ4n) is 3.45. The Morgan fingerprint density at radius 1 is 0.821 bits per heavy atom. The van der Waals surface area contributed by atoms with E-state index in [0.717, 1.165) is 30.3 Å². The van der Waals surface area contributed by atoms with Gasteiger partial charge in [0.25, 0.3) is 0 Å². The Bertz CT molecular complexity index is 897. The maximum Gasteiger partial charge on any atom is 0.229 e. The summed E-state index contributed by atoms with van der Waals surface area (Å²) in [7, 11) is 0. The van der Waals surface area contributed by atoms with E-state index in [4.69, 9.17) is 0 Å². The summed E-state index contributed by atoms with van der Waals surface area (Å²) in [5.74, 6) is 1.88. The minimum absolute atomic E-state index is 0.528. The zero-order chi connectivity index (χ0) is 19.3. The first-order chi connectivity index (χ1) is 13.7. The minimum atomic E-state index is 0.528. The average molecular weight is 374 g/mol. The van der Waals surface area contributed by atoms with Crippen molar-refractivity contribution < 1.29 is 0 Å². The molecule has 2 heterocycles. The van der Waals surface area contributed by atoms with Crippen LogP contribution in [0.1, 0.15) is 38.2 Å². The molecule has 1 saturated heterocycles. The average Bonchev–Trinajstić information content (AvgIpc) is 3.24.